The Kier molecular flexibility index (Phi) is 5.56. The fraction of sp³-hybridized carbons (Fsp3) is 0.625. The van der Waals surface area contributed by atoms with Gasteiger partial charge in [-0.2, -0.15) is 0 Å². The number of carboxylic acid groups (broad SMARTS) is 1. The van der Waals surface area contributed by atoms with Crippen LogP contribution in [0.4, 0.5) is 0 Å². The minimum Gasteiger partial charge on any atom is -0.478 e. The Morgan fingerprint density at radius 1 is 1.43 bits per heavy atom. The maximum Gasteiger partial charge on any atom is 0.338 e. The van der Waals surface area contributed by atoms with Crippen LogP contribution in [0.15, 0.2) is 23.0 Å². The maximum atomic E-state index is 11.9. The second kappa shape index (κ2) is 7.41. The van der Waals surface area contributed by atoms with Crippen LogP contribution in [0.1, 0.15) is 51.9 Å². The zero-order valence-corrected chi connectivity index (χ0v) is 12.4. The zero-order chi connectivity index (χ0) is 15.2. The molecule has 1 fully saturated rings. The standard InChI is InChI=1S/C16H22O5/c1-2-3-4-11-6-8-14(11)16(19)21-9-12(15(17)18)5-7-13-10-20-13/h9,13H,2-8,10H2,1H3,(H,17,18). The molecule has 1 heterocycles. The first kappa shape index (κ1) is 15.8. The van der Waals surface area contributed by atoms with Crippen LogP contribution in [0.3, 0.4) is 0 Å². The van der Waals surface area contributed by atoms with E-state index in [2.05, 4.69) is 6.92 Å². The van der Waals surface area contributed by atoms with Gasteiger partial charge in [-0.15, -0.1) is 0 Å². The number of epoxide rings is 1. The van der Waals surface area contributed by atoms with Gasteiger partial charge in [-0.05, 0) is 38.5 Å². The smallest absolute Gasteiger partial charge is 0.338 e. The summed E-state index contributed by atoms with van der Waals surface area (Å²) in [6.45, 7) is 2.81. The van der Waals surface area contributed by atoms with Gasteiger partial charge < -0.3 is 14.6 Å². The van der Waals surface area contributed by atoms with Gasteiger partial charge in [0.2, 0.25) is 0 Å². The summed E-state index contributed by atoms with van der Waals surface area (Å²) in [4.78, 5) is 23.0. The van der Waals surface area contributed by atoms with Crippen molar-refractivity contribution in [2.45, 2.75) is 58.0 Å². The second-order valence-electron chi connectivity index (χ2n) is 5.53. The Hall–Kier alpha value is -1.62. The summed E-state index contributed by atoms with van der Waals surface area (Å²) in [5.41, 5.74) is 2.02. The molecule has 2 aliphatic rings. The maximum absolute atomic E-state index is 11.9. The van der Waals surface area contributed by atoms with Crippen LogP contribution in [-0.2, 0) is 19.1 Å². The van der Waals surface area contributed by atoms with Crippen LogP contribution in [0.5, 0.6) is 0 Å². The number of carboxylic acids is 1. The first-order valence-electron chi connectivity index (χ1n) is 7.57. The number of hydrogen-bond donors (Lipinski definition) is 1. The number of ether oxygens (including phenoxy) is 2. The Morgan fingerprint density at radius 2 is 2.19 bits per heavy atom. The molecular weight excluding hydrogens is 272 g/mol. The third-order valence-electron chi connectivity index (χ3n) is 3.90. The number of esters is 1. The van der Waals surface area contributed by atoms with Crippen LogP contribution in [0, 0.1) is 0 Å². The van der Waals surface area contributed by atoms with E-state index in [4.69, 9.17) is 14.6 Å². The van der Waals surface area contributed by atoms with Gasteiger partial charge in [0, 0.05) is 5.57 Å². The number of unbranched alkanes of at least 4 members (excludes halogenated alkanes) is 1. The first-order chi connectivity index (χ1) is 10.1. The molecule has 0 aromatic heterocycles. The molecule has 1 unspecified atom stereocenters. The molecular formula is C16H22O5. The van der Waals surface area contributed by atoms with Crippen molar-refractivity contribution in [1.29, 1.82) is 0 Å². The average molecular weight is 294 g/mol. The van der Waals surface area contributed by atoms with Crippen LogP contribution >= 0.6 is 0 Å². The molecule has 5 nitrogen and oxygen atoms in total. The highest BCUT2D eigenvalue weighted by Crippen LogP contribution is 2.32. The molecule has 5 heteroatoms. The number of hydrogen-bond acceptors (Lipinski definition) is 4. The molecule has 1 N–H and O–H groups in total. The van der Waals surface area contributed by atoms with Crippen molar-refractivity contribution in [2.24, 2.45) is 0 Å². The minimum absolute atomic E-state index is 0.119. The summed E-state index contributed by atoms with van der Waals surface area (Å²) < 4.78 is 10.1. The molecule has 0 spiro atoms. The van der Waals surface area contributed by atoms with E-state index in [0.717, 1.165) is 43.9 Å². The van der Waals surface area contributed by atoms with Gasteiger partial charge in [0.1, 0.15) is 6.26 Å². The van der Waals surface area contributed by atoms with Gasteiger partial charge in [0.25, 0.3) is 0 Å². The van der Waals surface area contributed by atoms with Gasteiger partial charge in [-0.25, -0.2) is 9.59 Å². The van der Waals surface area contributed by atoms with Crippen LogP contribution < -0.4 is 0 Å². The van der Waals surface area contributed by atoms with Crippen molar-refractivity contribution >= 4 is 11.9 Å². The van der Waals surface area contributed by atoms with Crippen LogP contribution in [0.2, 0.25) is 0 Å². The predicted octanol–water partition coefficient (Wildman–Crippen LogP) is 2.96. The van der Waals surface area contributed by atoms with Crippen molar-refractivity contribution in [1.82, 2.24) is 0 Å². The molecule has 0 saturated carbocycles. The molecule has 116 valence electrons. The molecule has 0 bridgehead atoms. The lowest BCUT2D eigenvalue weighted by molar-refractivity contribution is -0.135. The van der Waals surface area contributed by atoms with Gasteiger partial charge in [-0.1, -0.05) is 18.9 Å². The fourth-order valence-corrected chi connectivity index (χ4v) is 2.30. The van der Waals surface area contributed by atoms with E-state index in [1.54, 1.807) is 0 Å². The van der Waals surface area contributed by atoms with Crippen molar-refractivity contribution in [3.63, 3.8) is 0 Å². The molecule has 1 saturated heterocycles. The molecule has 21 heavy (non-hydrogen) atoms. The van der Waals surface area contributed by atoms with Crippen LogP contribution in [0.25, 0.3) is 0 Å². The van der Waals surface area contributed by atoms with Crippen molar-refractivity contribution in [2.75, 3.05) is 6.61 Å². The summed E-state index contributed by atoms with van der Waals surface area (Å²) in [7, 11) is 0. The van der Waals surface area contributed by atoms with Gasteiger partial charge >= 0.3 is 11.9 Å². The third-order valence-corrected chi connectivity index (χ3v) is 3.90. The predicted molar refractivity (Wildman–Crippen MR) is 76.6 cm³/mol. The summed E-state index contributed by atoms with van der Waals surface area (Å²) in [6, 6.07) is 0. The second-order valence-corrected chi connectivity index (χ2v) is 5.53. The molecule has 1 aliphatic heterocycles. The van der Waals surface area contributed by atoms with E-state index in [-0.39, 0.29) is 11.7 Å². The zero-order valence-electron chi connectivity index (χ0n) is 12.4. The Bertz CT molecular complexity index is 471. The number of carbonyl (C=O) groups excluding carboxylic acids is 1. The minimum atomic E-state index is -1.04. The molecule has 2 rings (SSSR count). The van der Waals surface area contributed by atoms with E-state index in [1.165, 1.54) is 5.57 Å². The summed E-state index contributed by atoms with van der Waals surface area (Å²) >= 11 is 0. The molecule has 0 aromatic carbocycles. The number of carbonyl (C=O) groups is 2. The Morgan fingerprint density at radius 3 is 2.71 bits per heavy atom. The Balaban J connectivity index is 1.87. The van der Waals surface area contributed by atoms with Crippen molar-refractivity contribution in [3.8, 4) is 0 Å². The lowest BCUT2D eigenvalue weighted by Crippen LogP contribution is -2.16. The third kappa shape index (κ3) is 4.70. The number of allylic oxidation sites excluding steroid dienone is 1. The monoisotopic (exact) mass is 294 g/mol. The highest BCUT2D eigenvalue weighted by atomic mass is 16.6. The Labute approximate surface area is 124 Å². The van der Waals surface area contributed by atoms with E-state index in [0.29, 0.717) is 19.4 Å². The lowest BCUT2D eigenvalue weighted by atomic mass is 9.85. The highest BCUT2D eigenvalue weighted by Gasteiger charge is 2.25. The van der Waals surface area contributed by atoms with E-state index < -0.39 is 11.9 Å². The number of rotatable bonds is 9. The summed E-state index contributed by atoms with van der Waals surface area (Å²) in [6.07, 6.45) is 7.07. The molecule has 0 amide bonds. The van der Waals surface area contributed by atoms with E-state index in [1.807, 2.05) is 0 Å². The topological polar surface area (TPSA) is 76.1 Å². The van der Waals surface area contributed by atoms with Gasteiger partial charge in [0.05, 0.1) is 18.3 Å². The molecule has 0 radical (unpaired) electrons. The van der Waals surface area contributed by atoms with E-state index >= 15 is 0 Å². The van der Waals surface area contributed by atoms with Gasteiger partial charge in [-0.3, -0.25) is 0 Å². The average Bonchev–Trinajstić information content (AvgIpc) is 3.21. The normalized spacial score (nSPS) is 21.0. The van der Waals surface area contributed by atoms with Gasteiger partial charge in [0.15, 0.2) is 0 Å². The summed E-state index contributed by atoms with van der Waals surface area (Å²) in [5, 5.41) is 9.08. The largest absolute Gasteiger partial charge is 0.478 e. The van der Waals surface area contributed by atoms with Crippen molar-refractivity contribution < 1.29 is 24.2 Å². The summed E-state index contributed by atoms with van der Waals surface area (Å²) in [5.74, 6) is -1.44. The molecule has 1 atom stereocenters. The quantitative estimate of drug-likeness (QED) is 0.306. The number of aliphatic carboxylic acids is 1. The van der Waals surface area contributed by atoms with E-state index in [9.17, 15) is 9.59 Å². The fourth-order valence-electron chi connectivity index (χ4n) is 2.30. The SMILES string of the molecule is CCCCC1=C(C(=O)OC=C(CCC2CO2)C(=O)O)CC1. The highest BCUT2D eigenvalue weighted by molar-refractivity contribution is 5.92. The van der Waals surface area contributed by atoms with Crippen molar-refractivity contribution in [3.05, 3.63) is 23.0 Å². The van der Waals surface area contributed by atoms with Crippen LogP contribution in [-0.4, -0.2) is 29.8 Å². The first-order valence-corrected chi connectivity index (χ1v) is 7.57. The lowest BCUT2D eigenvalue weighted by Gasteiger charge is -2.21. The molecule has 1 aliphatic carbocycles. The molecule has 0 aromatic rings.